The second-order valence-corrected chi connectivity index (χ2v) is 7.03. The molecule has 0 saturated carbocycles. The van der Waals surface area contributed by atoms with E-state index in [2.05, 4.69) is 10.6 Å². The fraction of sp³-hybridized carbons (Fsp3) is 0.318. The van der Waals surface area contributed by atoms with E-state index in [0.29, 0.717) is 47.5 Å². The van der Waals surface area contributed by atoms with Crippen LogP contribution >= 0.6 is 0 Å². The van der Waals surface area contributed by atoms with Crippen molar-refractivity contribution >= 4 is 23.2 Å². The molecule has 2 aliphatic rings. The number of hydrogen-bond acceptors (Lipinski definition) is 6. The van der Waals surface area contributed by atoms with Gasteiger partial charge in [0.25, 0.3) is 0 Å². The number of ketones is 2. The fourth-order valence-corrected chi connectivity index (χ4v) is 3.75. The summed E-state index contributed by atoms with van der Waals surface area (Å²) >= 11 is 0. The molecule has 0 radical (unpaired) electrons. The molecule has 0 spiro atoms. The summed E-state index contributed by atoms with van der Waals surface area (Å²) in [5.41, 5.74) is 2.36. The van der Waals surface area contributed by atoms with Crippen molar-refractivity contribution in [2.24, 2.45) is 0 Å². The first-order chi connectivity index (χ1) is 13.7. The average Bonchev–Trinajstić information content (AvgIpc) is 3.26. The van der Waals surface area contributed by atoms with Crippen LogP contribution in [0.25, 0.3) is 0 Å². The molecule has 4 rings (SSSR count). The molecule has 144 valence electrons. The first kappa shape index (κ1) is 18.4. The molecular formula is C22H22N2O4. The Hall–Kier alpha value is -2.99. The molecule has 1 saturated heterocycles. The number of anilines is 1. The summed E-state index contributed by atoms with van der Waals surface area (Å²) in [5, 5.41) is 6.33. The summed E-state index contributed by atoms with van der Waals surface area (Å²) < 4.78 is 5.30. The highest BCUT2D eigenvalue weighted by atomic mass is 16.5. The van der Waals surface area contributed by atoms with Crippen molar-refractivity contribution in [1.29, 1.82) is 0 Å². The third-order valence-corrected chi connectivity index (χ3v) is 5.18. The van der Waals surface area contributed by atoms with Crippen molar-refractivity contribution in [3.05, 3.63) is 64.7 Å². The van der Waals surface area contributed by atoms with Crippen LogP contribution in [0.3, 0.4) is 0 Å². The maximum Gasteiger partial charge on any atom is 0.323 e. The normalized spacial score (nSPS) is 17.8. The lowest BCUT2D eigenvalue weighted by Crippen LogP contribution is -2.32. The van der Waals surface area contributed by atoms with Crippen LogP contribution in [-0.4, -0.2) is 43.3 Å². The standard InChI is InChI=1S/C22H22N2O4/c25-20-14-6-1-2-7-15(14)21(26)19-16(20)8-3-9-17(19)23-12-5-13-28-22(27)18-10-4-11-24-18/h1-3,6-9,18,23-24H,4-5,10-13H2/t18-/m0/s1. The number of rotatable bonds is 6. The number of nitrogens with one attached hydrogen (secondary N) is 2. The SMILES string of the molecule is O=C1c2ccccc2C(=O)c2c(NCCCOC(=O)[C@@H]3CCCN3)cccc21. The molecule has 1 atom stereocenters. The van der Waals surface area contributed by atoms with Crippen molar-refractivity contribution in [2.75, 3.05) is 25.0 Å². The Bertz CT molecular complexity index is 932. The minimum absolute atomic E-state index is 0.133. The van der Waals surface area contributed by atoms with Crippen LogP contribution in [0, 0.1) is 0 Å². The summed E-state index contributed by atoms with van der Waals surface area (Å²) in [4.78, 5) is 37.5. The maximum absolute atomic E-state index is 12.9. The van der Waals surface area contributed by atoms with Gasteiger partial charge in [0.15, 0.2) is 11.6 Å². The van der Waals surface area contributed by atoms with Crippen LogP contribution in [0.5, 0.6) is 0 Å². The molecule has 0 amide bonds. The number of carbonyl (C=O) groups is 3. The molecule has 1 aliphatic carbocycles. The molecule has 1 heterocycles. The van der Waals surface area contributed by atoms with Gasteiger partial charge in [-0.3, -0.25) is 14.4 Å². The van der Waals surface area contributed by atoms with Crippen LogP contribution in [0.2, 0.25) is 0 Å². The van der Waals surface area contributed by atoms with E-state index in [4.69, 9.17) is 4.74 Å². The van der Waals surface area contributed by atoms with E-state index in [-0.39, 0.29) is 23.6 Å². The number of carbonyl (C=O) groups excluding carboxylic acids is 3. The lowest BCUT2D eigenvalue weighted by atomic mass is 9.83. The summed E-state index contributed by atoms with van der Waals surface area (Å²) in [6.07, 6.45) is 2.43. The van der Waals surface area contributed by atoms with Gasteiger partial charge in [-0.05, 0) is 31.9 Å². The Balaban J connectivity index is 1.39. The van der Waals surface area contributed by atoms with Gasteiger partial charge >= 0.3 is 5.97 Å². The van der Waals surface area contributed by atoms with E-state index in [1.807, 2.05) is 0 Å². The quantitative estimate of drug-likeness (QED) is 0.507. The highest BCUT2D eigenvalue weighted by Crippen LogP contribution is 2.31. The first-order valence-corrected chi connectivity index (χ1v) is 9.62. The zero-order valence-electron chi connectivity index (χ0n) is 15.5. The van der Waals surface area contributed by atoms with E-state index in [9.17, 15) is 14.4 Å². The molecule has 2 aromatic carbocycles. The smallest absolute Gasteiger partial charge is 0.323 e. The van der Waals surface area contributed by atoms with Crippen molar-refractivity contribution in [1.82, 2.24) is 5.32 Å². The number of benzene rings is 2. The van der Waals surface area contributed by atoms with Gasteiger partial charge in [-0.1, -0.05) is 36.4 Å². The number of esters is 1. The predicted octanol–water partition coefficient (Wildman–Crippen LogP) is 2.56. The third kappa shape index (κ3) is 3.43. The molecule has 0 aromatic heterocycles. The second kappa shape index (κ2) is 7.94. The lowest BCUT2D eigenvalue weighted by Gasteiger charge is -2.20. The highest BCUT2D eigenvalue weighted by molar-refractivity contribution is 6.30. The molecule has 0 bridgehead atoms. The largest absolute Gasteiger partial charge is 0.464 e. The Kier molecular flexibility index (Phi) is 5.21. The first-order valence-electron chi connectivity index (χ1n) is 9.62. The second-order valence-electron chi connectivity index (χ2n) is 7.03. The number of ether oxygens (including phenoxy) is 1. The van der Waals surface area contributed by atoms with Crippen LogP contribution in [0.15, 0.2) is 42.5 Å². The third-order valence-electron chi connectivity index (χ3n) is 5.18. The minimum Gasteiger partial charge on any atom is -0.464 e. The van der Waals surface area contributed by atoms with Crippen molar-refractivity contribution in [2.45, 2.75) is 25.3 Å². The molecular weight excluding hydrogens is 356 g/mol. The van der Waals surface area contributed by atoms with Gasteiger partial charge in [0.2, 0.25) is 0 Å². The molecule has 28 heavy (non-hydrogen) atoms. The predicted molar refractivity (Wildman–Crippen MR) is 105 cm³/mol. The summed E-state index contributed by atoms with van der Waals surface area (Å²) in [6, 6.07) is 12.0. The van der Waals surface area contributed by atoms with E-state index in [0.717, 1.165) is 19.4 Å². The van der Waals surface area contributed by atoms with Gasteiger partial charge in [-0.25, -0.2) is 0 Å². The Labute approximate surface area is 163 Å². The zero-order valence-corrected chi connectivity index (χ0v) is 15.5. The van der Waals surface area contributed by atoms with Crippen LogP contribution in [-0.2, 0) is 9.53 Å². The van der Waals surface area contributed by atoms with Gasteiger partial charge in [-0.15, -0.1) is 0 Å². The minimum atomic E-state index is -0.202. The van der Waals surface area contributed by atoms with Gasteiger partial charge in [0.05, 0.1) is 12.2 Å². The molecule has 6 heteroatoms. The number of hydrogen-bond donors (Lipinski definition) is 2. The van der Waals surface area contributed by atoms with Crippen molar-refractivity contribution in [3.8, 4) is 0 Å². The van der Waals surface area contributed by atoms with Gasteiger partial charge in [-0.2, -0.15) is 0 Å². The monoisotopic (exact) mass is 378 g/mol. The Morgan fingerprint density at radius 3 is 2.54 bits per heavy atom. The lowest BCUT2D eigenvalue weighted by molar-refractivity contribution is -0.145. The van der Waals surface area contributed by atoms with Crippen molar-refractivity contribution in [3.63, 3.8) is 0 Å². The molecule has 0 unspecified atom stereocenters. The average molecular weight is 378 g/mol. The zero-order chi connectivity index (χ0) is 19.5. The Morgan fingerprint density at radius 2 is 1.79 bits per heavy atom. The molecule has 1 fully saturated rings. The maximum atomic E-state index is 12.9. The topological polar surface area (TPSA) is 84.5 Å². The fourth-order valence-electron chi connectivity index (χ4n) is 3.75. The van der Waals surface area contributed by atoms with Crippen LogP contribution in [0.4, 0.5) is 5.69 Å². The molecule has 2 N–H and O–H groups in total. The number of fused-ring (bicyclic) bond motifs is 2. The summed E-state index contributed by atoms with van der Waals surface area (Å²) in [5.74, 6) is -0.481. The van der Waals surface area contributed by atoms with Gasteiger partial charge in [0.1, 0.15) is 6.04 Å². The van der Waals surface area contributed by atoms with E-state index in [1.54, 1.807) is 42.5 Å². The van der Waals surface area contributed by atoms with E-state index < -0.39 is 0 Å². The van der Waals surface area contributed by atoms with Gasteiger partial charge < -0.3 is 15.4 Å². The highest BCUT2D eigenvalue weighted by Gasteiger charge is 2.31. The van der Waals surface area contributed by atoms with E-state index in [1.165, 1.54) is 0 Å². The molecule has 1 aliphatic heterocycles. The summed E-state index contributed by atoms with van der Waals surface area (Å²) in [7, 11) is 0. The van der Waals surface area contributed by atoms with E-state index >= 15 is 0 Å². The van der Waals surface area contributed by atoms with Crippen LogP contribution in [0.1, 0.15) is 51.1 Å². The molecule has 6 nitrogen and oxygen atoms in total. The van der Waals surface area contributed by atoms with Crippen LogP contribution < -0.4 is 10.6 Å². The Morgan fingerprint density at radius 1 is 1.04 bits per heavy atom. The summed E-state index contributed by atoms with van der Waals surface area (Å²) in [6.45, 7) is 1.70. The van der Waals surface area contributed by atoms with Crippen molar-refractivity contribution < 1.29 is 19.1 Å². The molecule has 2 aromatic rings. The van der Waals surface area contributed by atoms with Gasteiger partial charge in [0, 0.05) is 28.9 Å².